The lowest BCUT2D eigenvalue weighted by molar-refractivity contribution is 0.376. The van der Waals surface area contributed by atoms with Crippen molar-refractivity contribution in [1.82, 2.24) is 15.5 Å². The van der Waals surface area contributed by atoms with Crippen LogP contribution < -0.4 is 5.32 Å². The minimum atomic E-state index is 0.140. The average molecular weight is 294 g/mol. The molecule has 2 aromatic rings. The summed E-state index contributed by atoms with van der Waals surface area (Å²) in [5.74, 6) is 1.31. The molecule has 0 bridgehead atoms. The Balaban J connectivity index is 2.02. The van der Waals surface area contributed by atoms with E-state index in [0.717, 1.165) is 30.0 Å². The molecule has 108 valence electrons. The van der Waals surface area contributed by atoms with Crippen molar-refractivity contribution in [2.24, 2.45) is 0 Å². The van der Waals surface area contributed by atoms with Gasteiger partial charge in [-0.3, -0.25) is 0 Å². The Morgan fingerprint density at radius 3 is 2.60 bits per heavy atom. The van der Waals surface area contributed by atoms with Gasteiger partial charge in [-0.15, -0.1) is 10.2 Å². The molecule has 1 unspecified atom stereocenters. The van der Waals surface area contributed by atoms with Gasteiger partial charge in [0.25, 0.3) is 0 Å². The molecule has 0 saturated heterocycles. The van der Waals surface area contributed by atoms with E-state index in [4.69, 9.17) is 16.0 Å². The Bertz CT molecular complexity index is 524. The lowest BCUT2D eigenvalue weighted by Crippen LogP contribution is -2.21. The third-order valence-electron chi connectivity index (χ3n) is 3.10. The Hall–Kier alpha value is -1.39. The second-order valence-electron chi connectivity index (χ2n) is 4.75. The molecule has 0 fully saturated rings. The highest BCUT2D eigenvalue weighted by Gasteiger charge is 2.16. The monoisotopic (exact) mass is 293 g/mol. The number of hydrogen-bond donors (Lipinski definition) is 1. The van der Waals surface area contributed by atoms with Crippen LogP contribution in [0.1, 0.15) is 50.1 Å². The SMILES string of the molecule is CCCNC(CC)c1nnc(Cc2ccc(Cl)cc2)o1. The Morgan fingerprint density at radius 2 is 1.95 bits per heavy atom. The summed E-state index contributed by atoms with van der Waals surface area (Å²) in [7, 11) is 0. The van der Waals surface area contributed by atoms with Crippen molar-refractivity contribution in [2.75, 3.05) is 6.54 Å². The molecule has 4 nitrogen and oxygen atoms in total. The van der Waals surface area contributed by atoms with E-state index >= 15 is 0 Å². The van der Waals surface area contributed by atoms with Crippen LogP contribution in [-0.4, -0.2) is 16.7 Å². The van der Waals surface area contributed by atoms with Crippen molar-refractivity contribution in [3.05, 3.63) is 46.6 Å². The Morgan fingerprint density at radius 1 is 1.20 bits per heavy atom. The molecule has 0 saturated carbocycles. The van der Waals surface area contributed by atoms with Gasteiger partial charge in [0, 0.05) is 5.02 Å². The van der Waals surface area contributed by atoms with Crippen LogP contribution >= 0.6 is 11.6 Å². The maximum absolute atomic E-state index is 5.87. The molecule has 0 spiro atoms. The number of nitrogens with zero attached hydrogens (tertiary/aromatic N) is 2. The van der Waals surface area contributed by atoms with Crippen LogP contribution in [0.15, 0.2) is 28.7 Å². The summed E-state index contributed by atoms with van der Waals surface area (Å²) in [6.45, 7) is 5.20. The van der Waals surface area contributed by atoms with Crippen molar-refractivity contribution >= 4 is 11.6 Å². The smallest absolute Gasteiger partial charge is 0.233 e. The summed E-state index contributed by atoms with van der Waals surface area (Å²) in [4.78, 5) is 0. The maximum atomic E-state index is 5.87. The molecule has 2 rings (SSSR count). The van der Waals surface area contributed by atoms with Gasteiger partial charge in [-0.1, -0.05) is 37.6 Å². The molecule has 0 amide bonds. The molecule has 1 aromatic carbocycles. The zero-order valence-corrected chi connectivity index (χ0v) is 12.7. The Kier molecular flexibility index (Phi) is 5.56. The highest BCUT2D eigenvalue weighted by atomic mass is 35.5. The molecule has 1 N–H and O–H groups in total. The number of hydrogen-bond acceptors (Lipinski definition) is 4. The van der Waals surface area contributed by atoms with Gasteiger partial charge in [-0.25, -0.2) is 0 Å². The molecule has 1 atom stereocenters. The van der Waals surface area contributed by atoms with Crippen molar-refractivity contribution in [3.63, 3.8) is 0 Å². The standard InChI is InChI=1S/C15H20ClN3O/c1-3-9-17-13(4-2)15-19-18-14(20-15)10-11-5-7-12(16)8-6-11/h5-8,13,17H,3-4,9-10H2,1-2H3. The van der Waals surface area contributed by atoms with Gasteiger partial charge < -0.3 is 9.73 Å². The predicted molar refractivity (Wildman–Crippen MR) is 79.9 cm³/mol. The van der Waals surface area contributed by atoms with Crippen molar-refractivity contribution < 1.29 is 4.42 Å². The summed E-state index contributed by atoms with van der Waals surface area (Å²) in [6.07, 6.45) is 2.65. The van der Waals surface area contributed by atoms with Crippen LogP contribution in [0.5, 0.6) is 0 Å². The predicted octanol–water partition coefficient (Wildman–Crippen LogP) is 3.76. The number of aromatic nitrogens is 2. The topological polar surface area (TPSA) is 51.0 Å². The summed E-state index contributed by atoms with van der Waals surface area (Å²) >= 11 is 5.87. The molecule has 20 heavy (non-hydrogen) atoms. The van der Waals surface area contributed by atoms with Crippen LogP contribution in [0, 0.1) is 0 Å². The van der Waals surface area contributed by atoms with Crippen LogP contribution in [0.3, 0.4) is 0 Å². The van der Waals surface area contributed by atoms with Crippen molar-refractivity contribution in [3.8, 4) is 0 Å². The Labute approximate surface area is 124 Å². The quantitative estimate of drug-likeness (QED) is 0.844. The lowest BCUT2D eigenvalue weighted by atomic mass is 10.1. The molecule has 5 heteroatoms. The first-order chi connectivity index (χ1) is 9.72. The molecule has 0 aliphatic carbocycles. The third kappa shape index (κ3) is 4.05. The van der Waals surface area contributed by atoms with E-state index in [9.17, 15) is 0 Å². The van der Waals surface area contributed by atoms with E-state index < -0.39 is 0 Å². The van der Waals surface area contributed by atoms with E-state index in [1.807, 2.05) is 24.3 Å². The van der Waals surface area contributed by atoms with Gasteiger partial charge in [0.15, 0.2) is 0 Å². The van der Waals surface area contributed by atoms with Gasteiger partial charge in [0.05, 0.1) is 12.5 Å². The largest absolute Gasteiger partial charge is 0.423 e. The fraction of sp³-hybridized carbons (Fsp3) is 0.467. The first-order valence-corrected chi connectivity index (χ1v) is 7.40. The number of halogens is 1. The summed E-state index contributed by atoms with van der Waals surface area (Å²) < 4.78 is 5.75. The summed E-state index contributed by atoms with van der Waals surface area (Å²) in [6, 6.07) is 7.82. The average Bonchev–Trinajstić information content (AvgIpc) is 2.91. The molecular weight excluding hydrogens is 274 g/mol. The fourth-order valence-electron chi connectivity index (χ4n) is 1.98. The molecular formula is C15H20ClN3O. The zero-order chi connectivity index (χ0) is 14.4. The van der Waals surface area contributed by atoms with Crippen LogP contribution in [0.2, 0.25) is 5.02 Å². The lowest BCUT2D eigenvalue weighted by Gasteiger charge is -2.11. The number of rotatable bonds is 7. The van der Waals surface area contributed by atoms with E-state index in [1.54, 1.807) is 0 Å². The number of nitrogens with one attached hydrogen (secondary N) is 1. The number of benzene rings is 1. The first kappa shape index (κ1) is 15.0. The molecule has 1 heterocycles. The van der Waals surface area contributed by atoms with Crippen molar-refractivity contribution in [1.29, 1.82) is 0 Å². The van der Waals surface area contributed by atoms with E-state index in [1.165, 1.54) is 0 Å². The molecule has 0 radical (unpaired) electrons. The fourth-order valence-corrected chi connectivity index (χ4v) is 2.11. The van der Waals surface area contributed by atoms with Gasteiger partial charge in [-0.05, 0) is 37.1 Å². The first-order valence-electron chi connectivity index (χ1n) is 7.03. The van der Waals surface area contributed by atoms with Gasteiger partial charge >= 0.3 is 0 Å². The van der Waals surface area contributed by atoms with Gasteiger partial charge in [0.2, 0.25) is 11.8 Å². The maximum Gasteiger partial charge on any atom is 0.233 e. The van der Waals surface area contributed by atoms with Crippen LogP contribution in [0.4, 0.5) is 0 Å². The minimum absolute atomic E-state index is 0.140. The van der Waals surface area contributed by atoms with Crippen molar-refractivity contribution in [2.45, 2.75) is 39.2 Å². The van der Waals surface area contributed by atoms with Gasteiger partial charge in [-0.2, -0.15) is 0 Å². The molecule has 0 aliphatic heterocycles. The highest BCUT2D eigenvalue weighted by Crippen LogP contribution is 2.17. The molecule has 0 aliphatic rings. The van der Waals surface area contributed by atoms with Gasteiger partial charge in [0.1, 0.15) is 0 Å². The normalized spacial score (nSPS) is 12.6. The van der Waals surface area contributed by atoms with Crippen LogP contribution in [0.25, 0.3) is 0 Å². The van der Waals surface area contributed by atoms with Crippen LogP contribution in [-0.2, 0) is 6.42 Å². The minimum Gasteiger partial charge on any atom is -0.423 e. The zero-order valence-electron chi connectivity index (χ0n) is 11.9. The van der Waals surface area contributed by atoms with E-state index in [-0.39, 0.29) is 6.04 Å². The summed E-state index contributed by atoms with van der Waals surface area (Å²) in [5.41, 5.74) is 1.11. The van der Waals surface area contributed by atoms with E-state index in [2.05, 4.69) is 29.4 Å². The second kappa shape index (κ2) is 7.41. The van der Waals surface area contributed by atoms with E-state index in [0.29, 0.717) is 18.2 Å². The third-order valence-corrected chi connectivity index (χ3v) is 3.35. The highest BCUT2D eigenvalue weighted by molar-refractivity contribution is 6.30. The molecule has 1 aromatic heterocycles. The summed E-state index contributed by atoms with van der Waals surface area (Å²) in [5, 5.41) is 12.4. The second-order valence-corrected chi connectivity index (χ2v) is 5.19.